The maximum Gasteiger partial charge on any atom is 0.124 e. The maximum absolute atomic E-state index is 13.3. The van der Waals surface area contributed by atoms with Crippen molar-refractivity contribution < 1.29 is 4.39 Å². The minimum Gasteiger partial charge on any atom is -0.312 e. The number of likely N-dealkylation sites (N-methyl/N-ethyl adjacent to an activating group) is 1. The zero-order chi connectivity index (χ0) is 13.5. The van der Waals surface area contributed by atoms with Crippen LogP contribution in [-0.4, -0.2) is 38.1 Å². The van der Waals surface area contributed by atoms with Crippen LogP contribution in [0.3, 0.4) is 0 Å². The highest BCUT2D eigenvalue weighted by Gasteiger charge is 2.11. The van der Waals surface area contributed by atoms with Crippen LogP contribution >= 0.6 is 15.9 Å². The second-order valence-electron chi connectivity index (χ2n) is 4.90. The van der Waals surface area contributed by atoms with Crippen LogP contribution in [0.5, 0.6) is 0 Å². The first kappa shape index (κ1) is 15.6. The predicted molar refractivity (Wildman–Crippen MR) is 78.4 cm³/mol. The maximum atomic E-state index is 13.3. The van der Waals surface area contributed by atoms with E-state index in [9.17, 15) is 4.39 Å². The van der Waals surface area contributed by atoms with E-state index in [1.807, 2.05) is 6.07 Å². The Labute approximate surface area is 118 Å². The summed E-state index contributed by atoms with van der Waals surface area (Å²) in [5, 5.41) is 3.51. The highest BCUT2D eigenvalue weighted by atomic mass is 79.9. The fourth-order valence-corrected chi connectivity index (χ4v) is 2.52. The third-order valence-corrected chi connectivity index (χ3v) is 3.13. The van der Waals surface area contributed by atoms with Gasteiger partial charge in [0.05, 0.1) is 0 Å². The largest absolute Gasteiger partial charge is 0.312 e. The normalized spacial score (nSPS) is 13.0. The molecular formula is C14H22BrFN2. The molecule has 0 heterocycles. The van der Waals surface area contributed by atoms with Crippen LogP contribution in [0, 0.1) is 5.82 Å². The van der Waals surface area contributed by atoms with Crippen molar-refractivity contribution in [3.8, 4) is 0 Å². The second-order valence-corrected chi connectivity index (χ2v) is 5.81. The molecule has 0 saturated carbocycles. The summed E-state index contributed by atoms with van der Waals surface area (Å²) in [6.07, 6.45) is 1.95. The molecule has 1 atom stereocenters. The average Bonchev–Trinajstić information content (AvgIpc) is 2.23. The van der Waals surface area contributed by atoms with Crippen LogP contribution in [0.1, 0.15) is 18.9 Å². The van der Waals surface area contributed by atoms with Crippen LogP contribution in [0.4, 0.5) is 4.39 Å². The lowest BCUT2D eigenvalue weighted by Crippen LogP contribution is -2.40. The molecule has 1 aromatic carbocycles. The minimum atomic E-state index is -0.182. The number of hydrogen-bond acceptors (Lipinski definition) is 2. The van der Waals surface area contributed by atoms with Crippen LogP contribution < -0.4 is 5.32 Å². The van der Waals surface area contributed by atoms with Crippen LogP contribution in [0.25, 0.3) is 0 Å². The second kappa shape index (κ2) is 7.87. The number of nitrogens with zero attached hydrogens (tertiary/aromatic N) is 1. The van der Waals surface area contributed by atoms with Gasteiger partial charge in [-0.2, -0.15) is 0 Å². The zero-order valence-electron chi connectivity index (χ0n) is 11.3. The van der Waals surface area contributed by atoms with Crippen molar-refractivity contribution in [2.45, 2.75) is 25.8 Å². The summed E-state index contributed by atoms with van der Waals surface area (Å²) >= 11 is 3.34. The van der Waals surface area contributed by atoms with Gasteiger partial charge in [0.1, 0.15) is 5.82 Å². The average molecular weight is 317 g/mol. The van der Waals surface area contributed by atoms with E-state index in [4.69, 9.17) is 0 Å². The fraction of sp³-hybridized carbons (Fsp3) is 0.571. The molecule has 1 rings (SSSR count). The minimum absolute atomic E-state index is 0.182. The van der Waals surface area contributed by atoms with Crippen LogP contribution in [-0.2, 0) is 6.42 Å². The van der Waals surface area contributed by atoms with E-state index in [0.29, 0.717) is 6.04 Å². The lowest BCUT2D eigenvalue weighted by Gasteiger charge is -2.22. The third kappa shape index (κ3) is 5.94. The molecule has 0 aliphatic carbocycles. The fourth-order valence-electron chi connectivity index (χ4n) is 2.00. The Balaban J connectivity index is 2.68. The molecule has 102 valence electrons. The van der Waals surface area contributed by atoms with Crippen LogP contribution in [0.15, 0.2) is 22.7 Å². The number of hydrogen-bond donors (Lipinski definition) is 1. The molecule has 2 nitrogen and oxygen atoms in total. The first-order chi connectivity index (χ1) is 8.51. The number of halogens is 2. The van der Waals surface area contributed by atoms with E-state index in [0.717, 1.165) is 36.0 Å². The Morgan fingerprint density at radius 1 is 1.33 bits per heavy atom. The van der Waals surface area contributed by atoms with Gasteiger partial charge in [-0.15, -0.1) is 0 Å². The molecule has 0 radical (unpaired) electrons. The molecule has 0 aromatic heterocycles. The summed E-state index contributed by atoms with van der Waals surface area (Å²) < 4.78 is 14.1. The quantitative estimate of drug-likeness (QED) is 0.831. The predicted octanol–water partition coefficient (Wildman–Crippen LogP) is 3.06. The van der Waals surface area contributed by atoms with E-state index in [2.05, 4.69) is 47.2 Å². The van der Waals surface area contributed by atoms with Crippen molar-refractivity contribution in [3.05, 3.63) is 34.1 Å². The van der Waals surface area contributed by atoms with E-state index < -0.39 is 0 Å². The van der Waals surface area contributed by atoms with Crippen molar-refractivity contribution in [1.82, 2.24) is 10.2 Å². The number of nitrogens with one attached hydrogen (secondary N) is 1. The molecule has 0 spiro atoms. The van der Waals surface area contributed by atoms with Crippen molar-refractivity contribution in [2.75, 3.05) is 27.2 Å². The van der Waals surface area contributed by atoms with Gasteiger partial charge in [-0.3, -0.25) is 0 Å². The first-order valence-corrected chi connectivity index (χ1v) is 7.13. The van der Waals surface area contributed by atoms with Gasteiger partial charge in [0.25, 0.3) is 0 Å². The summed E-state index contributed by atoms with van der Waals surface area (Å²) in [6.45, 7) is 4.10. The van der Waals surface area contributed by atoms with E-state index in [-0.39, 0.29) is 5.82 Å². The van der Waals surface area contributed by atoms with Gasteiger partial charge in [0.2, 0.25) is 0 Å². The van der Waals surface area contributed by atoms with E-state index >= 15 is 0 Å². The molecule has 1 unspecified atom stereocenters. The topological polar surface area (TPSA) is 15.3 Å². The third-order valence-electron chi connectivity index (χ3n) is 2.67. The molecule has 0 amide bonds. The van der Waals surface area contributed by atoms with Gasteiger partial charge in [-0.05, 0) is 57.2 Å². The van der Waals surface area contributed by atoms with Gasteiger partial charge in [-0.25, -0.2) is 4.39 Å². The van der Waals surface area contributed by atoms with Gasteiger partial charge >= 0.3 is 0 Å². The first-order valence-electron chi connectivity index (χ1n) is 6.34. The SMILES string of the molecule is CCCNC(Cc1cc(F)cc(Br)c1)CN(C)C. The van der Waals surface area contributed by atoms with Crippen molar-refractivity contribution in [1.29, 1.82) is 0 Å². The molecule has 0 saturated heterocycles. The zero-order valence-corrected chi connectivity index (χ0v) is 12.9. The summed E-state index contributed by atoms with van der Waals surface area (Å²) in [4.78, 5) is 2.15. The number of rotatable bonds is 7. The van der Waals surface area contributed by atoms with Crippen molar-refractivity contribution in [2.24, 2.45) is 0 Å². The summed E-state index contributed by atoms with van der Waals surface area (Å²) in [7, 11) is 4.12. The Hall–Kier alpha value is -0.450. The Kier molecular flexibility index (Phi) is 6.82. The Bertz CT molecular complexity index is 349. The van der Waals surface area contributed by atoms with Gasteiger partial charge in [0, 0.05) is 17.1 Å². The van der Waals surface area contributed by atoms with E-state index in [1.54, 1.807) is 6.07 Å². The van der Waals surface area contributed by atoms with Crippen molar-refractivity contribution in [3.63, 3.8) is 0 Å². The molecule has 4 heteroatoms. The summed E-state index contributed by atoms with van der Waals surface area (Å²) in [5.74, 6) is -0.182. The smallest absolute Gasteiger partial charge is 0.124 e. The Morgan fingerprint density at radius 2 is 2.06 bits per heavy atom. The molecule has 0 bridgehead atoms. The molecule has 18 heavy (non-hydrogen) atoms. The number of benzene rings is 1. The molecule has 1 aromatic rings. The molecule has 0 fully saturated rings. The van der Waals surface area contributed by atoms with Gasteiger partial charge in [-0.1, -0.05) is 22.9 Å². The van der Waals surface area contributed by atoms with E-state index in [1.165, 1.54) is 6.07 Å². The Morgan fingerprint density at radius 3 is 2.61 bits per heavy atom. The molecule has 0 aliphatic rings. The highest BCUT2D eigenvalue weighted by molar-refractivity contribution is 9.10. The summed E-state index contributed by atoms with van der Waals surface area (Å²) in [5.41, 5.74) is 1.03. The van der Waals surface area contributed by atoms with Crippen molar-refractivity contribution >= 4 is 15.9 Å². The summed E-state index contributed by atoms with van der Waals surface area (Å²) in [6, 6.07) is 5.44. The highest BCUT2D eigenvalue weighted by Crippen LogP contribution is 2.16. The molecular weight excluding hydrogens is 295 g/mol. The van der Waals surface area contributed by atoms with Gasteiger partial charge in [0.15, 0.2) is 0 Å². The lowest BCUT2D eigenvalue weighted by atomic mass is 10.1. The lowest BCUT2D eigenvalue weighted by molar-refractivity contribution is 0.336. The monoisotopic (exact) mass is 316 g/mol. The molecule has 0 aliphatic heterocycles. The standard InChI is InChI=1S/C14H22BrFN2/c1-4-5-17-14(10-18(2)3)8-11-6-12(15)9-13(16)7-11/h6-7,9,14,17H,4-5,8,10H2,1-3H3. The van der Waals surface area contributed by atoms with Crippen LogP contribution in [0.2, 0.25) is 0 Å². The molecule has 1 N–H and O–H groups in total. The van der Waals surface area contributed by atoms with Gasteiger partial charge < -0.3 is 10.2 Å².